The average Bonchev–Trinajstić information content (AvgIpc) is 2.69. The number of amidine groups is 1. The van der Waals surface area contributed by atoms with Crippen molar-refractivity contribution >= 4 is 11.5 Å². The molecule has 17 heavy (non-hydrogen) atoms. The molecule has 1 aliphatic heterocycles. The summed E-state index contributed by atoms with van der Waals surface area (Å²) in [5, 5.41) is 21.3. The van der Waals surface area contributed by atoms with E-state index in [1.165, 1.54) is 0 Å². The Morgan fingerprint density at radius 1 is 1.59 bits per heavy atom. The van der Waals surface area contributed by atoms with E-state index in [9.17, 15) is 5.11 Å². The van der Waals surface area contributed by atoms with Crippen LogP contribution in [-0.2, 0) is 0 Å². The minimum absolute atomic E-state index is 0.00929. The van der Waals surface area contributed by atoms with Crippen molar-refractivity contribution < 1.29 is 10.3 Å². The van der Waals surface area contributed by atoms with E-state index < -0.39 is 5.60 Å². The number of hydrogen-bond donors (Lipinski definition) is 3. The molecule has 1 aromatic heterocycles. The molecule has 0 spiro atoms. The van der Waals surface area contributed by atoms with Gasteiger partial charge >= 0.3 is 0 Å². The van der Waals surface area contributed by atoms with Crippen molar-refractivity contribution in [2.75, 3.05) is 18.0 Å². The van der Waals surface area contributed by atoms with Gasteiger partial charge in [0.05, 0.1) is 17.5 Å². The van der Waals surface area contributed by atoms with Crippen LogP contribution in [0.1, 0.15) is 19.0 Å². The topological polar surface area (TPSA) is 95.0 Å². The summed E-state index contributed by atoms with van der Waals surface area (Å²) < 4.78 is 0. The highest BCUT2D eigenvalue weighted by Gasteiger charge is 2.31. The van der Waals surface area contributed by atoms with Gasteiger partial charge in [0.2, 0.25) is 0 Å². The first kappa shape index (κ1) is 11.7. The molecule has 2 rings (SSSR count). The van der Waals surface area contributed by atoms with Gasteiger partial charge in [0.25, 0.3) is 0 Å². The van der Waals surface area contributed by atoms with Crippen molar-refractivity contribution in [2.24, 2.45) is 10.9 Å². The number of anilines is 1. The predicted octanol–water partition coefficient (Wildman–Crippen LogP) is 0.137. The fourth-order valence-corrected chi connectivity index (χ4v) is 1.94. The number of β-amino-alcohol motifs (C(OH)–C–C–N with tert-alkyl or cyclic N) is 1. The summed E-state index contributed by atoms with van der Waals surface area (Å²) in [6.07, 6.45) is 2.41. The Morgan fingerprint density at radius 3 is 2.82 bits per heavy atom. The fraction of sp³-hybridized carbons (Fsp3) is 0.455. The molecule has 92 valence electrons. The third-order valence-electron chi connectivity index (χ3n) is 2.93. The molecule has 1 atom stereocenters. The van der Waals surface area contributed by atoms with E-state index >= 15 is 0 Å². The van der Waals surface area contributed by atoms with E-state index in [-0.39, 0.29) is 5.84 Å². The third kappa shape index (κ3) is 2.47. The zero-order valence-corrected chi connectivity index (χ0v) is 9.67. The van der Waals surface area contributed by atoms with Gasteiger partial charge in [-0.2, -0.15) is 0 Å². The van der Waals surface area contributed by atoms with Crippen LogP contribution in [0, 0.1) is 0 Å². The second kappa shape index (κ2) is 4.21. The number of aromatic nitrogens is 1. The van der Waals surface area contributed by atoms with Gasteiger partial charge in [0, 0.05) is 13.1 Å². The molecule has 2 heterocycles. The van der Waals surface area contributed by atoms with Gasteiger partial charge in [-0.1, -0.05) is 5.16 Å². The maximum absolute atomic E-state index is 9.87. The van der Waals surface area contributed by atoms with Crippen molar-refractivity contribution in [3.05, 3.63) is 24.0 Å². The van der Waals surface area contributed by atoms with Gasteiger partial charge in [0.15, 0.2) is 5.84 Å². The van der Waals surface area contributed by atoms with Crippen LogP contribution >= 0.6 is 0 Å². The molecule has 0 amide bonds. The average molecular weight is 236 g/mol. The molecule has 0 aromatic carbocycles. The summed E-state index contributed by atoms with van der Waals surface area (Å²) in [4.78, 5) is 6.16. The van der Waals surface area contributed by atoms with E-state index in [1.807, 2.05) is 13.0 Å². The van der Waals surface area contributed by atoms with Crippen LogP contribution in [0.4, 0.5) is 5.69 Å². The molecule has 1 aromatic rings. The Morgan fingerprint density at radius 2 is 2.35 bits per heavy atom. The zero-order chi connectivity index (χ0) is 12.5. The Labute approximate surface area is 99.4 Å². The standard InChI is InChI=1S/C11H16N4O2/c1-11(16)4-5-15(7-11)8-2-3-9(13-6-8)10(12)14-17/h2-3,6,16-17H,4-5,7H2,1H3,(H2,12,14). The zero-order valence-electron chi connectivity index (χ0n) is 9.67. The number of rotatable bonds is 2. The summed E-state index contributed by atoms with van der Waals surface area (Å²) in [6, 6.07) is 3.54. The number of pyridine rings is 1. The highest BCUT2D eigenvalue weighted by Crippen LogP contribution is 2.25. The van der Waals surface area contributed by atoms with Crippen molar-refractivity contribution in [1.82, 2.24) is 4.98 Å². The maximum Gasteiger partial charge on any atom is 0.188 e. The smallest absolute Gasteiger partial charge is 0.188 e. The van der Waals surface area contributed by atoms with Crippen LogP contribution in [0.25, 0.3) is 0 Å². The third-order valence-corrected chi connectivity index (χ3v) is 2.93. The van der Waals surface area contributed by atoms with E-state index in [1.54, 1.807) is 12.3 Å². The molecule has 0 bridgehead atoms. The lowest BCUT2D eigenvalue weighted by Crippen LogP contribution is -2.29. The predicted molar refractivity (Wildman–Crippen MR) is 64.2 cm³/mol. The Balaban J connectivity index is 2.14. The van der Waals surface area contributed by atoms with Gasteiger partial charge in [-0.05, 0) is 25.5 Å². The van der Waals surface area contributed by atoms with Gasteiger partial charge in [0.1, 0.15) is 5.69 Å². The maximum atomic E-state index is 9.87. The largest absolute Gasteiger partial charge is 0.409 e. The monoisotopic (exact) mass is 236 g/mol. The lowest BCUT2D eigenvalue weighted by Gasteiger charge is -2.20. The van der Waals surface area contributed by atoms with Crippen molar-refractivity contribution in [1.29, 1.82) is 0 Å². The van der Waals surface area contributed by atoms with Gasteiger partial charge in [-0.25, -0.2) is 0 Å². The molecular weight excluding hydrogens is 220 g/mol. The van der Waals surface area contributed by atoms with Gasteiger partial charge in [-0.3, -0.25) is 4.98 Å². The number of nitrogens with two attached hydrogens (primary N) is 1. The molecule has 0 radical (unpaired) electrons. The number of aliphatic hydroxyl groups is 1. The van der Waals surface area contributed by atoms with Gasteiger partial charge in [-0.15, -0.1) is 0 Å². The Kier molecular flexibility index (Phi) is 2.89. The Bertz CT molecular complexity index is 428. The summed E-state index contributed by atoms with van der Waals surface area (Å²) in [5.74, 6) is -0.00929. The quantitative estimate of drug-likeness (QED) is 0.294. The highest BCUT2D eigenvalue weighted by molar-refractivity contribution is 5.95. The summed E-state index contributed by atoms with van der Waals surface area (Å²) in [5.41, 5.74) is 6.15. The van der Waals surface area contributed by atoms with E-state index in [2.05, 4.69) is 15.0 Å². The van der Waals surface area contributed by atoms with Crippen LogP contribution in [0.2, 0.25) is 0 Å². The summed E-state index contributed by atoms with van der Waals surface area (Å²) >= 11 is 0. The lowest BCUT2D eigenvalue weighted by molar-refractivity contribution is 0.0839. The molecule has 1 fully saturated rings. The van der Waals surface area contributed by atoms with Crippen LogP contribution < -0.4 is 10.6 Å². The van der Waals surface area contributed by atoms with E-state index in [0.717, 1.165) is 18.7 Å². The number of hydrogen-bond acceptors (Lipinski definition) is 5. The normalized spacial score (nSPS) is 25.3. The molecule has 4 N–H and O–H groups in total. The van der Waals surface area contributed by atoms with Crippen LogP contribution in [-0.4, -0.2) is 39.8 Å². The molecule has 1 aliphatic rings. The number of oxime groups is 1. The molecule has 1 unspecified atom stereocenters. The fourth-order valence-electron chi connectivity index (χ4n) is 1.94. The highest BCUT2D eigenvalue weighted by atomic mass is 16.4. The molecule has 1 saturated heterocycles. The summed E-state index contributed by atoms with van der Waals surface area (Å²) in [7, 11) is 0. The number of nitrogens with zero attached hydrogens (tertiary/aromatic N) is 3. The van der Waals surface area contributed by atoms with Crippen molar-refractivity contribution in [3.8, 4) is 0 Å². The molecule has 6 heteroatoms. The lowest BCUT2D eigenvalue weighted by atomic mass is 10.1. The second-order valence-corrected chi connectivity index (χ2v) is 4.56. The van der Waals surface area contributed by atoms with Gasteiger partial charge < -0.3 is 20.9 Å². The Hall–Kier alpha value is -1.82. The van der Waals surface area contributed by atoms with Crippen LogP contribution in [0.5, 0.6) is 0 Å². The first-order chi connectivity index (χ1) is 8.02. The second-order valence-electron chi connectivity index (χ2n) is 4.56. The minimum atomic E-state index is -0.635. The van der Waals surface area contributed by atoms with E-state index in [0.29, 0.717) is 12.2 Å². The van der Waals surface area contributed by atoms with Crippen LogP contribution in [0.3, 0.4) is 0 Å². The van der Waals surface area contributed by atoms with Crippen LogP contribution in [0.15, 0.2) is 23.5 Å². The first-order valence-corrected chi connectivity index (χ1v) is 5.43. The molecule has 0 aliphatic carbocycles. The van der Waals surface area contributed by atoms with E-state index in [4.69, 9.17) is 10.9 Å². The van der Waals surface area contributed by atoms with Crippen molar-refractivity contribution in [2.45, 2.75) is 18.9 Å². The SMILES string of the molecule is CC1(O)CCN(c2ccc(/C(N)=N/O)nc2)C1. The molecular formula is C11H16N4O2. The molecule has 6 nitrogen and oxygen atoms in total. The first-order valence-electron chi connectivity index (χ1n) is 5.43. The van der Waals surface area contributed by atoms with Crippen molar-refractivity contribution in [3.63, 3.8) is 0 Å². The minimum Gasteiger partial charge on any atom is -0.409 e. The summed E-state index contributed by atoms with van der Waals surface area (Å²) in [6.45, 7) is 3.22. The molecule has 0 saturated carbocycles.